The maximum Gasteiger partial charge on any atom is 0.283 e. The summed E-state index contributed by atoms with van der Waals surface area (Å²) in [5, 5.41) is 10.9. The van der Waals surface area contributed by atoms with Crippen molar-refractivity contribution in [3.8, 4) is 0 Å². The predicted octanol–water partition coefficient (Wildman–Crippen LogP) is 3.83. The molecule has 1 aliphatic rings. The second-order valence-corrected chi connectivity index (χ2v) is 5.76. The number of halogens is 1. The zero-order valence-corrected chi connectivity index (χ0v) is 13.0. The molecule has 0 spiro atoms. The molecule has 0 aromatic heterocycles. The van der Waals surface area contributed by atoms with Gasteiger partial charge in [-0.05, 0) is 47.2 Å². The lowest BCUT2D eigenvalue weighted by molar-refractivity contribution is -0.385. The highest BCUT2D eigenvalue weighted by Crippen LogP contribution is 2.30. The summed E-state index contributed by atoms with van der Waals surface area (Å²) < 4.78 is 11.8. The van der Waals surface area contributed by atoms with Crippen LogP contribution >= 0.6 is 15.9 Å². The lowest BCUT2D eigenvalue weighted by Gasteiger charge is -2.28. The van der Waals surface area contributed by atoms with Crippen molar-refractivity contribution in [1.29, 1.82) is 0 Å². The van der Waals surface area contributed by atoms with Gasteiger partial charge in [0.25, 0.3) is 5.69 Å². The summed E-state index contributed by atoms with van der Waals surface area (Å²) in [6, 6.07) is 5.00. The minimum atomic E-state index is -0.394. The minimum absolute atomic E-state index is 0.0736. The van der Waals surface area contributed by atoms with Crippen LogP contribution in [0.1, 0.15) is 31.2 Å². The van der Waals surface area contributed by atoms with Crippen molar-refractivity contribution in [2.45, 2.75) is 44.5 Å². The highest BCUT2D eigenvalue weighted by molar-refractivity contribution is 9.10. The largest absolute Gasteiger partial charge is 0.381 e. The fourth-order valence-electron chi connectivity index (χ4n) is 2.49. The van der Waals surface area contributed by atoms with Crippen LogP contribution in [-0.4, -0.2) is 24.2 Å². The van der Waals surface area contributed by atoms with E-state index >= 15 is 0 Å². The fraction of sp³-hybridized carbons (Fsp3) is 0.571. The highest BCUT2D eigenvalue weighted by Gasteiger charge is 2.23. The van der Waals surface area contributed by atoms with Gasteiger partial charge in [0.1, 0.15) is 4.47 Å². The first-order valence-corrected chi connectivity index (χ1v) is 7.47. The zero-order valence-electron chi connectivity index (χ0n) is 11.4. The molecule has 2 unspecified atom stereocenters. The van der Waals surface area contributed by atoms with Crippen molar-refractivity contribution in [1.82, 2.24) is 0 Å². The number of nitrogens with zero attached hydrogens (tertiary/aromatic N) is 1. The van der Waals surface area contributed by atoms with Crippen molar-refractivity contribution >= 4 is 21.6 Å². The van der Waals surface area contributed by atoms with E-state index in [4.69, 9.17) is 9.47 Å². The number of rotatable bonds is 5. The third-order valence-electron chi connectivity index (χ3n) is 3.64. The molecule has 20 heavy (non-hydrogen) atoms. The van der Waals surface area contributed by atoms with Crippen LogP contribution in [0.15, 0.2) is 22.7 Å². The van der Waals surface area contributed by atoms with Crippen molar-refractivity contribution < 1.29 is 14.4 Å². The lowest BCUT2D eigenvalue weighted by Crippen LogP contribution is -2.27. The number of nitro groups is 1. The van der Waals surface area contributed by atoms with Crippen LogP contribution in [0, 0.1) is 10.1 Å². The molecule has 0 radical (unpaired) electrons. The predicted molar refractivity (Wildman–Crippen MR) is 78.6 cm³/mol. The molecule has 1 aliphatic carbocycles. The first kappa shape index (κ1) is 15.4. The molecule has 2 atom stereocenters. The number of ether oxygens (including phenoxy) is 2. The molecule has 1 aromatic rings. The van der Waals surface area contributed by atoms with Crippen LogP contribution in [0.5, 0.6) is 0 Å². The van der Waals surface area contributed by atoms with E-state index in [1.807, 2.05) is 6.07 Å². The second-order valence-electron chi connectivity index (χ2n) is 4.96. The normalized spacial score (nSPS) is 22.7. The van der Waals surface area contributed by atoms with Gasteiger partial charge in [0.2, 0.25) is 0 Å². The van der Waals surface area contributed by atoms with Gasteiger partial charge in [0.15, 0.2) is 0 Å². The summed E-state index contributed by atoms with van der Waals surface area (Å²) in [4.78, 5) is 10.5. The molecule has 0 amide bonds. The van der Waals surface area contributed by atoms with Crippen LogP contribution in [0.2, 0.25) is 0 Å². The van der Waals surface area contributed by atoms with Gasteiger partial charge < -0.3 is 9.47 Å². The molecular weight excluding hydrogens is 326 g/mol. The van der Waals surface area contributed by atoms with E-state index in [-0.39, 0.29) is 17.9 Å². The van der Waals surface area contributed by atoms with Crippen LogP contribution in [0.3, 0.4) is 0 Å². The van der Waals surface area contributed by atoms with Gasteiger partial charge in [-0.25, -0.2) is 0 Å². The molecule has 6 heteroatoms. The Morgan fingerprint density at radius 2 is 2.15 bits per heavy atom. The third-order valence-corrected chi connectivity index (χ3v) is 4.56. The van der Waals surface area contributed by atoms with Gasteiger partial charge in [0, 0.05) is 13.2 Å². The average molecular weight is 344 g/mol. The Morgan fingerprint density at radius 1 is 1.40 bits per heavy atom. The first-order valence-electron chi connectivity index (χ1n) is 6.68. The maximum atomic E-state index is 10.9. The molecule has 5 nitrogen and oxygen atoms in total. The number of benzene rings is 1. The van der Waals surface area contributed by atoms with Gasteiger partial charge in [-0.2, -0.15) is 0 Å². The van der Waals surface area contributed by atoms with Gasteiger partial charge in [0.05, 0.1) is 23.7 Å². The molecule has 1 fully saturated rings. The Labute approximate surface area is 126 Å². The van der Waals surface area contributed by atoms with Crippen LogP contribution in [0.25, 0.3) is 0 Å². The third kappa shape index (κ3) is 3.77. The standard InChI is InChI=1S/C14H18BrNO4/c1-19-11-5-3-6-12(8-11)20-9-10-4-2-7-13(14(10)15)16(17)18/h2,4,7,11-12H,3,5-6,8-9H2,1H3. The van der Waals surface area contributed by atoms with E-state index in [1.54, 1.807) is 13.2 Å². The van der Waals surface area contributed by atoms with Crippen LogP contribution < -0.4 is 0 Å². The first-order chi connectivity index (χ1) is 9.61. The van der Waals surface area contributed by atoms with Crippen LogP contribution in [0.4, 0.5) is 5.69 Å². The highest BCUT2D eigenvalue weighted by atomic mass is 79.9. The summed E-state index contributed by atoms with van der Waals surface area (Å²) in [5.41, 5.74) is 0.878. The van der Waals surface area contributed by atoms with Crippen molar-refractivity contribution in [3.63, 3.8) is 0 Å². The summed E-state index contributed by atoms with van der Waals surface area (Å²) in [6.45, 7) is 0.378. The van der Waals surface area contributed by atoms with E-state index in [0.717, 1.165) is 31.2 Å². The number of hydrogen-bond donors (Lipinski definition) is 0. The van der Waals surface area contributed by atoms with Crippen LogP contribution in [-0.2, 0) is 16.1 Å². The summed E-state index contributed by atoms with van der Waals surface area (Å²) in [7, 11) is 1.73. The number of nitro benzene ring substituents is 1. The van der Waals surface area contributed by atoms with Gasteiger partial charge in [-0.3, -0.25) is 10.1 Å². The van der Waals surface area contributed by atoms with Gasteiger partial charge in [-0.15, -0.1) is 0 Å². The molecule has 1 saturated carbocycles. The average Bonchev–Trinajstić information content (AvgIpc) is 2.46. The number of hydrogen-bond acceptors (Lipinski definition) is 4. The van der Waals surface area contributed by atoms with E-state index < -0.39 is 4.92 Å². The molecule has 110 valence electrons. The Bertz CT molecular complexity index is 480. The molecule has 1 aromatic carbocycles. The molecule has 0 N–H and O–H groups in total. The zero-order chi connectivity index (χ0) is 14.5. The molecule has 2 rings (SSSR count). The monoisotopic (exact) mass is 343 g/mol. The Morgan fingerprint density at radius 3 is 2.85 bits per heavy atom. The smallest absolute Gasteiger partial charge is 0.283 e. The van der Waals surface area contributed by atoms with Crippen molar-refractivity contribution in [2.24, 2.45) is 0 Å². The number of methoxy groups -OCH3 is 1. The maximum absolute atomic E-state index is 10.9. The van der Waals surface area contributed by atoms with Gasteiger partial charge >= 0.3 is 0 Å². The topological polar surface area (TPSA) is 61.6 Å². The Hall–Kier alpha value is -0.980. The molecule has 0 saturated heterocycles. The Balaban J connectivity index is 1.97. The quantitative estimate of drug-likeness (QED) is 0.602. The fourth-order valence-corrected chi connectivity index (χ4v) is 3.02. The summed E-state index contributed by atoms with van der Waals surface area (Å²) in [5.74, 6) is 0. The van der Waals surface area contributed by atoms with Gasteiger partial charge in [-0.1, -0.05) is 12.1 Å². The molecule has 0 aliphatic heterocycles. The molecular formula is C14H18BrNO4. The van der Waals surface area contributed by atoms with E-state index in [9.17, 15) is 10.1 Å². The van der Waals surface area contributed by atoms with E-state index in [0.29, 0.717) is 11.1 Å². The second kappa shape index (κ2) is 7.15. The Kier molecular flexibility index (Phi) is 5.51. The van der Waals surface area contributed by atoms with Crippen molar-refractivity contribution in [3.05, 3.63) is 38.3 Å². The molecule has 0 bridgehead atoms. The summed E-state index contributed by atoms with van der Waals surface area (Å²) >= 11 is 3.29. The SMILES string of the molecule is COC1CCCC(OCc2cccc([N+](=O)[O-])c2Br)C1. The summed E-state index contributed by atoms with van der Waals surface area (Å²) in [6.07, 6.45) is 4.52. The molecule has 0 heterocycles. The van der Waals surface area contributed by atoms with E-state index in [1.165, 1.54) is 6.07 Å². The lowest BCUT2D eigenvalue weighted by atomic mass is 9.95. The van der Waals surface area contributed by atoms with E-state index in [2.05, 4.69) is 15.9 Å². The minimum Gasteiger partial charge on any atom is -0.381 e. The van der Waals surface area contributed by atoms with Crippen molar-refractivity contribution in [2.75, 3.05) is 7.11 Å².